The standard InChI is InChI=1S/C17H20N4O3/c1-10-8-11(4-5-12(10)15(22)23)21-9-13(18)14(19-21)20-7-6-17(2,3)16(20)24/h4-5,8-9H,6-7,18H2,1-3H3,(H,22,23). The molecule has 1 aromatic heterocycles. The monoisotopic (exact) mass is 328 g/mol. The average molecular weight is 328 g/mol. The largest absolute Gasteiger partial charge is 0.478 e. The molecule has 0 unspecified atom stereocenters. The molecule has 7 heteroatoms. The van der Waals surface area contributed by atoms with E-state index in [1.165, 1.54) is 6.07 Å². The average Bonchev–Trinajstić information content (AvgIpc) is 3.00. The van der Waals surface area contributed by atoms with Crippen molar-refractivity contribution in [2.45, 2.75) is 27.2 Å². The molecule has 1 fully saturated rings. The van der Waals surface area contributed by atoms with Gasteiger partial charge < -0.3 is 10.8 Å². The van der Waals surface area contributed by atoms with Crippen LogP contribution in [0, 0.1) is 12.3 Å². The minimum atomic E-state index is -0.968. The molecule has 3 N–H and O–H groups in total. The van der Waals surface area contributed by atoms with E-state index in [1.807, 2.05) is 13.8 Å². The molecular formula is C17H20N4O3. The van der Waals surface area contributed by atoms with E-state index in [0.717, 1.165) is 6.42 Å². The van der Waals surface area contributed by atoms with Gasteiger partial charge in [0.15, 0.2) is 5.82 Å². The Morgan fingerprint density at radius 1 is 1.38 bits per heavy atom. The Balaban J connectivity index is 1.97. The number of aryl methyl sites for hydroxylation is 1. The minimum Gasteiger partial charge on any atom is -0.478 e. The zero-order chi connectivity index (χ0) is 17.6. The maximum Gasteiger partial charge on any atom is 0.335 e. The summed E-state index contributed by atoms with van der Waals surface area (Å²) in [6.07, 6.45) is 2.40. The van der Waals surface area contributed by atoms with Crippen molar-refractivity contribution in [2.24, 2.45) is 5.41 Å². The van der Waals surface area contributed by atoms with Crippen LogP contribution in [0.1, 0.15) is 36.2 Å². The number of carboxylic acid groups (broad SMARTS) is 1. The summed E-state index contributed by atoms with van der Waals surface area (Å²) >= 11 is 0. The molecule has 0 saturated carbocycles. The van der Waals surface area contributed by atoms with Crippen molar-refractivity contribution < 1.29 is 14.7 Å². The van der Waals surface area contributed by atoms with Gasteiger partial charge in [-0.25, -0.2) is 9.48 Å². The third kappa shape index (κ3) is 2.51. The third-order valence-corrected chi connectivity index (χ3v) is 4.47. The molecule has 1 saturated heterocycles. The maximum atomic E-state index is 12.5. The lowest BCUT2D eigenvalue weighted by molar-refractivity contribution is -0.124. The van der Waals surface area contributed by atoms with Crippen LogP contribution in [0.4, 0.5) is 11.5 Å². The summed E-state index contributed by atoms with van der Waals surface area (Å²) in [5, 5.41) is 13.6. The predicted molar refractivity (Wildman–Crippen MR) is 90.4 cm³/mol. The van der Waals surface area contributed by atoms with Crippen molar-refractivity contribution in [2.75, 3.05) is 17.2 Å². The molecule has 0 atom stereocenters. The lowest BCUT2D eigenvalue weighted by atomic mass is 9.92. The molecule has 1 aromatic carbocycles. The van der Waals surface area contributed by atoms with E-state index in [4.69, 9.17) is 10.8 Å². The van der Waals surface area contributed by atoms with Crippen molar-refractivity contribution in [3.8, 4) is 5.69 Å². The molecule has 3 rings (SSSR count). The molecule has 7 nitrogen and oxygen atoms in total. The van der Waals surface area contributed by atoms with E-state index >= 15 is 0 Å². The fraction of sp³-hybridized carbons (Fsp3) is 0.353. The van der Waals surface area contributed by atoms with Crippen molar-refractivity contribution in [3.05, 3.63) is 35.5 Å². The van der Waals surface area contributed by atoms with Crippen LogP contribution in [0.3, 0.4) is 0 Å². The number of carbonyl (C=O) groups excluding carboxylic acids is 1. The summed E-state index contributed by atoms with van der Waals surface area (Å²) in [6.45, 7) is 6.14. The molecule has 126 valence electrons. The molecule has 2 heterocycles. The first-order valence-corrected chi connectivity index (χ1v) is 7.72. The molecule has 0 aliphatic carbocycles. The SMILES string of the molecule is Cc1cc(-n2cc(N)c(N3CCC(C)(C)C3=O)n2)ccc1C(=O)O. The molecule has 0 bridgehead atoms. The van der Waals surface area contributed by atoms with E-state index in [-0.39, 0.29) is 11.5 Å². The number of aromatic nitrogens is 2. The van der Waals surface area contributed by atoms with Crippen molar-refractivity contribution >= 4 is 23.4 Å². The minimum absolute atomic E-state index is 0.0110. The zero-order valence-electron chi connectivity index (χ0n) is 13.9. The van der Waals surface area contributed by atoms with E-state index < -0.39 is 11.4 Å². The Morgan fingerprint density at radius 3 is 2.62 bits per heavy atom. The van der Waals surface area contributed by atoms with E-state index in [0.29, 0.717) is 29.3 Å². The molecule has 0 radical (unpaired) electrons. The Bertz CT molecular complexity index is 838. The Labute approximate surface area is 139 Å². The predicted octanol–water partition coefficient (Wildman–Crippen LogP) is 2.22. The zero-order valence-corrected chi connectivity index (χ0v) is 13.9. The maximum absolute atomic E-state index is 12.5. The van der Waals surface area contributed by atoms with Crippen LogP contribution >= 0.6 is 0 Å². The second-order valence-electron chi connectivity index (χ2n) is 6.75. The van der Waals surface area contributed by atoms with Gasteiger partial charge in [-0.1, -0.05) is 13.8 Å². The summed E-state index contributed by atoms with van der Waals surface area (Å²) < 4.78 is 1.57. The third-order valence-electron chi connectivity index (χ3n) is 4.47. The molecule has 24 heavy (non-hydrogen) atoms. The van der Waals surface area contributed by atoms with Crippen LogP contribution in [-0.2, 0) is 4.79 Å². The second kappa shape index (κ2) is 5.36. The highest BCUT2D eigenvalue weighted by atomic mass is 16.4. The number of amides is 1. The van der Waals surface area contributed by atoms with Crippen LogP contribution in [-0.4, -0.2) is 33.3 Å². The van der Waals surface area contributed by atoms with Crippen LogP contribution in [0.5, 0.6) is 0 Å². The van der Waals surface area contributed by atoms with Crippen LogP contribution in [0.2, 0.25) is 0 Å². The number of carbonyl (C=O) groups is 2. The number of hydrogen-bond acceptors (Lipinski definition) is 4. The highest BCUT2D eigenvalue weighted by molar-refractivity contribution is 6.00. The molecule has 2 aromatic rings. The highest BCUT2D eigenvalue weighted by Gasteiger charge is 2.40. The molecule has 1 amide bonds. The number of benzene rings is 1. The molecule has 1 aliphatic rings. The molecule has 0 spiro atoms. The number of nitrogen functional groups attached to an aromatic ring is 1. The van der Waals surface area contributed by atoms with Gasteiger partial charge in [-0.15, -0.1) is 5.10 Å². The van der Waals surface area contributed by atoms with Gasteiger partial charge in [0.1, 0.15) is 0 Å². The fourth-order valence-electron chi connectivity index (χ4n) is 2.92. The summed E-state index contributed by atoms with van der Waals surface area (Å²) in [5.74, 6) is -0.507. The number of rotatable bonds is 3. The fourth-order valence-corrected chi connectivity index (χ4v) is 2.92. The van der Waals surface area contributed by atoms with Gasteiger partial charge in [0, 0.05) is 12.0 Å². The van der Waals surface area contributed by atoms with E-state index in [2.05, 4.69) is 5.10 Å². The lowest BCUT2D eigenvalue weighted by Gasteiger charge is -2.17. The summed E-state index contributed by atoms with van der Waals surface area (Å²) in [6, 6.07) is 4.94. The number of aromatic carboxylic acids is 1. The first kappa shape index (κ1) is 16.0. The number of anilines is 2. The summed E-state index contributed by atoms with van der Waals surface area (Å²) in [4.78, 5) is 25.2. The Hall–Kier alpha value is -2.83. The van der Waals surface area contributed by atoms with Crippen molar-refractivity contribution in [1.82, 2.24) is 9.78 Å². The van der Waals surface area contributed by atoms with Crippen LogP contribution in [0.15, 0.2) is 24.4 Å². The van der Waals surface area contributed by atoms with Crippen molar-refractivity contribution in [3.63, 3.8) is 0 Å². The lowest BCUT2D eigenvalue weighted by Crippen LogP contribution is -2.31. The summed E-state index contributed by atoms with van der Waals surface area (Å²) in [5.41, 5.74) is 7.64. The van der Waals surface area contributed by atoms with Gasteiger partial charge >= 0.3 is 5.97 Å². The van der Waals surface area contributed by atoms with E-state index in [1.54, 1.807) is 34.8 Å². The van der Waals surface area contributed by atoms with Gasteiger partial charge in [-0.2, -0.15) is 0 Å². The first-order valence-electron chi connectivity index (χ1n) is 7.72. The van der Waals surface area contributed by atoms with Gasteiger partial charge in [-0.3, -0.25) is 9.69 Å². The van der Waals surface area contributed by atoms with Crippen LogP contribution in [0.25, 0.3) is 5.69 Å². The number of hydrogen-bond donors (Lipinski definition) is 2. The van der Waals surface area contributed by atoms with Crippen LogP contribution < -0.4 is 10.6 Å². The quantitative estimate of drug-likeness (QED) is 0.899. The van der Waals surface area contributed by atoms with Gasteiger partial charge in [0.05, 0.1) is 23.1 Å². The van der Waals surface area contributed by atoms with Gasteiger partial charge in [0.2, 0.25) is 5.91 Å². The number of carboxylic acids is 1. The second-order valence-corrected chi connectivity index (χ2v) is 6.75. The number of nitrogens with two attached hydrogens (primary N) is 1. The van der Waals surface area contributed by atoms with E-state index in [9.17, 15) is 9.59 Å². The van der Waals surface area contributed by atoms with Gasteiger partial charge in [0.25, 0.3) is 0 Å². The number of nitrogens with zero attached hydrogens (tertiary/aromatic N) is 3. The molecular weight excluding hydrogens is 308 g/mol. The first-order chi connectivity index (χ1) is 11.2. The highest BCUT2D eigenvalue weighted by Crippen LogP contribution is 2.35. The topological polar surface area (TPSA) is 101 Å². The smallest absolute Gasteiger partial charge is 0.335 e. The van der Waals surface area contributed by atoms with Crippen molar-refractivity contribution in [1.29, 1.82) is 0 Å². The summed E-state index contributed by atoms with van der Waals surface area (Å²) in [7, 11) is 0. The van der Waals surface area contributed by atoms with Gasteiger partial charge in [-0.05, 0) is 37.1 Å². The normalized spacial score (nSPS) is 16.6. The molecule has 1 aliphatic heterocycles. The Kier molecular flexibility index (Phi) is 3.59. The Morgan fingerprint density at radius 2 is 2.08 bits per heavy atom.